The number of benzene rings is 2. The standard InChI is InChI=1S/C20H20N2O3S2/c23-20(16-14-26-18-10-4-2-8-15(16)18)21-17-9-3-5-11-19(17)27(24,25)22-12-6-1-7-13-22/h2-5,8-11,14H,1,6-7,12-13H2,(H,21,23). The number of amides is 1. The van der Waals surface area contributed by atoms with Gasteiger partial charge in [0.15, 0.2) is 0 Å². The molecule has 1 fully saturated rings. The van der Waals surface area contributed by atoms with E-state index in [0.717, 1.165) is 29.3 Å². The van der Waals surface area contributed by atoms with Gasteiger partial charge in [-0.15, -0.1) is 11.3 Å². The minimum atomic E-state index is -3.63. The molecule has 140 valence electrons. The minimum Gasteiger partial charge on any atom is -0.321 e. The van der Waals surface area contributed by atoms with E-state index in [1.165, 1.54) is 15.6 Å². The van der Waals surface area contributed by atoms with Crippen molar-refractivity contribution in [2.75, 3.05) is 18.4 Å². The lowest BCUT2D eigenvalue weighted by Gasteiger charge is -2.26. The summed E-state index contributed by atoms with van der Waals surface area (Å²) in [7, 11) is -3.63. The number of hydrogen-bond acceptors (Lipinski definition) is 4. The van der Waals surface area contributed by atoms with Crippen molar-refractivity contribution < 1.29 is 13.2 Å². The molecule has 2 aromatic carbocycles. The predicted molar refractivity (Wildman–Crippen MR) is 109 cm³/mol. The van der Waals surface area contributed by atoms with Crippen LogP contribution in [0.5, 0.6) is 0 Å². The Balaban J connectivity index is 1.66. The maximum atomic E-state index is 13.1. The van der Waals surface area contributed by atoms with Crippen molar-refractivity contribution in [1.29, 1.82) is 0 Å². The van der Waals surface area contributed by atoms with Crippen LogP contribution in [0.2, 0.25) is 0 Å². The molecule has 5 nitrogen and oxygen atoms in total. The fourth-order valence-electron chi connectivity index (χ4n) is 3.38. The van der Waals surface area contributed by atoms with E-state index in [1.807, 2.05) is 29.6 Å². The Bertz CT molecular complexity index is 1080. The van der Waals surface area contributed by atoms with Gasteiger partial charge < -0.3 is 5.32 Å². The molecule has 1 N–H and O–H groups in total. The van der Waals surface area contributed by atoms with Crippen LogP contribution in [0.15, 0.2) is 58.8 Å². The first-order valence-corrected chi connectivity index (χ1v) is 11.3. The van der Waals surface area contributed by atoms with E-state index in [9.17, 15) is 13.2 Å². The zero-order chi connectivity index (χ0) is 18.9. The van der Waals surface area contributed by atoms with Crippen molar-refractivity contribution in [3.05, 3.63) is 59.5 Å². The lowest BCUT2D eigenvalue weighted by molar-refractivity contribution is 0.102. The monoisotopic (exact) mass is 400 g/mol. The van der Waals surface area contributed by atoms with Gasteiger partial charge in [0, 0.05) is 28.6 Å². The Labute approximate surface area is 162 Å². The van der Waals surface area contributed by atoms with Crippen LogP contribution in [0.25, 0.3) is 10.1 Å². The third-order valence-electron chi connectivity index (χ3n) is 4.79. The number of para-hydroxylation sites is 1. The largest absolute Gasteiger partial charge is 0.321 e. The highest BCUT2D eigenvalue weighted by Gasteiger charge is 2.28. The summed E-state index contributed by atoms with van der Waals surface area (Å²) in [5.41, 5.74) is 0.879. The molecule has 0 aliphatic carbocycles. The zero-order valence-corrected chi connectivity index (χ0v) is 16.4. The van der Waals surface area contributed by atoms with Gasteiger partial charge in [-0.2, -0.15) is 4.31 Å². The number of thiophene rings is 1. The summed E-state index contributed by atoms with van der Waals surface area (Å²) < 4.78 is 28.7. The maximum absolute atomic E-state index is 13.1. The van der Waals surface area contributed by atoms with E-state index in [1.54, 1.807) is 24.3 Å². The molecule has 1 aliphatic rings. The Kier molecular flexibility index (Phi) is 4.99. The van der Waals surface area contributed by atoms with E-state index in [2.05, 4.69) is 5.32 Å². The van der Waals surface area contributed by atoms with Crippen LogP contribution in [-0.2, 0) is 10.0 Å². The Hall–Kier alpha value is -2.22. The molecular weight excluding hydrogens is 380 g/mol. The quantitative estimate of drug-likeness (QED) is 0.709. The van der Waals surface area contributed by atoms with E-state index in [0.29, 0.717) is 24.3 Å². The number of nitrogens with zero attached hydrogens (tertiary/aromatic N) is 1. The first-order valence-electron chi connectivity index (χ1n) is 8.94. The highest BCUT2D eigenvalue weighted by molar-refractivity contribution is 7.89. The second-order valence-electron chi connectivity index (χ2n) is 6.56. The summed E-state index contributed by atoms with van der Waals surface area (Å²) in [5.74, 6) is -0.297. The van der Waals surface area contributed by atoms with Crippen LogP contribution in [-0.4, -0.2) is 31.7 Å². The lowest BCUT2D eigenvalue weighted by Crippen LogP contribution is -2.36. The van der Waals surface area contributed by atoms with Gasteiger partial charge in [0.2, 0.25) is 10.0 Å². The predicted octanol–water partition coefficient (Wildman–Crippen LogP) is 4.33. The number of anilines is 1. The van der Waals surface area contributed by atoms with Crippen molar-refractivity contribution >= 4 is 43.0 Å². The number of fused-ring (bicyclic) bond motifs is 1. The molecule has 1 amide bonds. The first-order chi connectivity index (χ1) is 13.1. The number of hydrogen-bond donors (Lipinski definition) is 1. The van der Waals surface area contributed by atoms with Crippen molar-refractivity contribution in [1.82, 2.24) is 4.31 Å². The molecule has 2 heterocycles. The summed E-state index contributed by atoms with van der Waals surface area (Å²) in [6.07, 6.45) is 2.79. The van der Waals surface area contributed by atoms with Crippen molar-refractivity contribution in [2.45, 2.75) is 24.2 Å². The number of carbonyl (C=O) groups excluding carboxylic acids is 1. The Morgan fingerprint density at radius 3 is 2.48 bits per heavy atom. The number of piperidine rings is 1. The van der Waals surface area contributed by atoms with Crippen molar-refractivity contribution in [3.63, 3.8) is 0 Å². The third-order valence-corrected chi connectivity index (χ3v) is 7.71. The smallest absolute Gasteiger partial charge is 0.257 e. The molecule has 0 radical (unpaired) electrons. The molecule has 1 aromatic heterocycles. The van der Waals surface area contributed by atoms with Gasteiger partial charge >= 0.3 is 0 Å². The van der Waals surface area contributed by atoms with Crippen LogP contribution in [0.3, 0.4) is 0 Å². The molecule has 7 heteroatoms. The van der Waals surface area contributed by atoms with E-state index < -0.39 is 10.0 Å². The van der Waals surface area contributed by atoms with Gasteiger partial charge in [-0.3, -0.25) is 4.79 Å². The van der Waals surface area contributed by atoms with Crippen LogP contribution < -0.4 is 5.32 Å². The minimum absolute atomic E-state index is 0.153. The van der Waals surface area contributed by atoms with Crippen LogP contribution >= 0.6 is 11.3 Å². The van der Waals surface area contributed by atoms with E-state index in [-0.39, 0.29) is 10.8 Å². The third kappa shape index (κ3) is 3.50. The van der Waals surface area contributed by atoms with Gasteiger partial charge in [0.1, 0.15) is 4.90 Å². The summed E-state index contributed by atoms with van der Waals surface area (Å²) >= 11 is 1.50. The average molecular weight is 401 g/mol. The zero-order valence-electron chi connectivity index (χ0n) is 14.7. The molecule has 3 aromatic rings. The Morgan fingerprint density at radius 1 is 0.963 bits per heavy atom. The SMILES string of the molecule is O=C(Nc1ccccc1S(=O)(=O)N1CCCCC1)c1csc2ccccc12. The first kappa shape index (κ1) is 18.2. The molecule has 1 aliphatic heterocycles. The normalized spacial score (nSPS) is 15.7. The molecule has 0 bridgehead atoms. The number of carbonyl (C=O) groups is 1. The fourth-order valence-corrected chi connectivity index (χ4v) is 5.99. The van der Waals surface area contributed by atoms with Gasteiger partial charge in [0.25, 0.3) is 5.91 Å². The fraction of sp³-hybridized carbons (Fsp3) is 0.250. The summed E-state index contributed by atoms with van der Waals surface area (Å²) in [6, 6.07) is 14.3. The van der Waals surface area contributed by atoms with Gasteiger partial charge in [-0.1, -0.05) is 36.8 Å². The van der Waals surface area contributed by atoms with Crippen molar-refractivity contribution in [3.8, 4) is 0 Å². The Morgan fingerprint density at radius 2 is 1.67 bits per heavy atom. The van der Waals surface area contributed by atoms with Gasteiger partial charge in [-0.25, -0.2) is 8.42 Å². The number of rotatable bonds is 4. The van der Waals surface area contributed by atoms with E-state index >= 15 is 0 Å². The lowest BCUT2D eigenvalue weighted by atomic mass is 10.1. The topological polar surface area (TPSA) is 66.5 Å². The van der Waals surface area contributed by atoms with Gasteiger partial charge in [0.05, 0.1) is 11.3 Å². The highest BCUT2D eigenvalue weighted by atomic mass is 32.2. The molecule has 27 heavy (non-hydrogen) atoms. The highest BCUT2D eigenvalue weighted by Crippen LogP contribution is 2.29. The molecule has 0 saturated carbocycles. The average Bonchev–Trinajstić information content (AvgIpc) is 3.13. The second kappa shape index (κ2) is 7.42. The van der Waals surface area contributed by atoms with Crippen LogP contribution in [0.4, 0.5) is 5.69 Å². The second-order valence-corrected chi connectivity index (χ2v) is 9.38. The number of sulfonamides is 1. The molecule has 4 rings (SSSR count). The molecule has 0 atom stereocenters. The molecular formula is C20H20N2O3S2. The van der Waals surface area contributed by atoms with E-state index in [4.69, 9.17) is 0 Å². The van der Waals surface area contributed by atoms with Crippen LogP contribution in [0.1, 0.15) is 29.6 Å². The van der Waals surface area contributed by atoms with Crippen LogP contribution in [0, 0.1) is 0 Å². The molecule has 0 spiro atoms. The van der Waals surface area contributed by atoms with Gasteiger partial charge in [-0.05, 0) is 31.0 Å². The number of nitrogens with one attached hydrogen (secondary N) is 1. The molecule has 0 unspecified atom stereocenters. The van der Waals surface area contributed by atoms with Crippen molar-refractivity contribution in [2.24, 2.45) is 0 Å². The summed E-state index contributed by atoms with van der Waals surface area (Å²) in [4.78, 5) is 13.0. The maximum Gasteiger partial charge on any atom is 0.257 e. The summed E-state index contributed by atoms with van der Waals surface area (Å²) in [5, 5.41) is 5.49. The summed E-state index contributed by atoms with van der Waals surface area (Å²) in [6.45, 7) is 1.06. The molecule has 1 saturated heterocycles.